The van der Waals surface area contributed by atoms with Crippen molar-refractivity contribution < 1.29 is 27.1 Å². The zero-order chi connectivity index (χ0) is 21.6. The zero-order valence-corrected chi connectivity index (χ0v) is 18.3. The molecule has 0 aliphatic carbocycles. The van der Waals surface area contributed by atoms with Gasteiger partial charge < -0.3 is 9.47 Å². The predicted molar refractivity (Wildman–Crippen MR) is 114 cm³/mol. The molecule has 1 N–H and O–H groups in total. The van der Waals surface area contributed by atoms with Crippen molar-refractivity contribution in [2.45, 2.75) is 9.79 Å². The molecule has 8 nitrogen and oxygen atoms in total. The summed E-state index contributed by atoms with van der Waals surface area (Å²) >= 11 is 6.88. The lowest BCUT2D eigenvalue weighted by Crippen LogP contribution is -2.13. The van der Waals surface area contributed by atoms with Crippen molar-refractivity contribution in [1.29, 1.82) is 0 Å². The van der Waals surface area contributed by atoms with Gasteiger partial charge in [0.25, 0.3) is 10.0 Å². The van der Waals surface area contributed by atoms with Crippen molar-refractivity contribution in [3.63, 3.8) is 0 Å². The van der Waals surface area contributed by atoms with Crippen LogP contribution in [0.25, 0.3) is 0 Å². The summed E-state index contributed by atoms with van der Waals surface area (Å²) in [5.41, 5.74) is 0.310. The van der Waals surface area contributed by atoms with Gasteiger partial charge in [0.1, 0.15) is 5.75 Å². The fourth-order valence-corrected chi connectivity index (χ4v) is 3.96. The number of aromatic nitrogens is 1. The second-order valence-corrected chi connectivity index (χ2v) is 8.59. The van der Waals surface area contributed by atoms with E-state index in [0.29, 0.717) is 32.9 Å². The standard InChI is InChI=1S/C19H17ClN2O6S2/c1-25-19-10-14(3-8-18(19)27-15-9-13(20)11-21-12-15)22-30(23,24)17-6-4-16(5-7-17)29-28-26-2/h3-12,22H,1-2H3. The van der Waals surface area contributed by atoms with Crippen molar-refractivity contribution >= 4 is 39.4 Å². The molecule has 3 aromatic rings. The molecular weight excluding hydrogens is 452 g/mol. The summed E-state index contributed by atoms with van der Waals surface area (Å²) in [4.78, 5) is 9.23. The van der Waals surface area contributed by atoms with Crippen LogP contribution < -0.4 is 14.2 Å². The van der Waals surface area contributed by atoms with Gasteiger partial charge in [-0.2, -0.15) is 4.33 Å². The summed E-state index contributed by atoms with van der Waals surface area (Å²) < 4.78 is 43.6. The van der Waals surface area contributed by atoms with Crippen molar-refractivity contribution in [2.75, 3.05) is 18.9 Å². The van der Waals surface area contributed by atoms with Gasteiger partial charge in [0, 0.05) is 23.2 Å². The maximum absolute atomic E-state index is 12.7. The minimum absolute atomic E-state index is 0.0913. The van der Waals surface area contributed by atoms with Crippen LogP contribution in [0.2, 0.25) is 5.02 Å². The summed E-state index contributed by atoms with van der Waals surface area (Å²) in [6.45, 7) is 0. The number of sulfonamides is 1. The van der Waals surface area contributed by atoms with Crippen LogP contribution in [-0.2, 0) is 19.2 Å². The molecule has 0 bridgehead atoms. The Labute approximate surface area is 183 Å². The molecule has 158 valence electrons. The van der Waals surface area contributed by atoms with Gasteiger partial charge in [-0.3, -0.25) is 9.71 Å². The van der Waals surface area contributed by atoms with Gasteiger partial charge in [-0.1, -0.05) is 11.6 Å². The first-order valence-corrected chi connectivity index (χ1v) is 11.0. The largest absolute Gasteiger partial charge is 0.493 e. The highest BCUT2D eigenvalue weighted by atomic mass is 35.5. The second-order valence-electron chi connectivity index (χ2n) is 5.70. The van der Waals surface area contributed by atoms with Gasteiger partial charge in [0.15, 0.2) is 11.5 Å². The van der Waals surface area contributed by atoms with Gasteiger partial charge in [0.2, 0.25) is 0 Å². The molecule has 30 heavy (non-hydrogen) atoms. The van der Waals surface area contributed by atoms with Crippen LogP contribution >= 0.6 is 23.6 Å². The topological polar surface area (TPSA) is 96.0 Å². The number of benzene rings is 2. The smallest absolute Gasteiger partial charge is 0.261 e. The number of anilines is 1. The lowest BCUT2D eigenvalue weighted by molar-refractivity contribution is -0.160. The van der Waals surface area contributed by atoms with Gasteiger partial charge in [-0.05, 0) is 36.4 Å². The number of hydrogen-bond acceptors (Lipinski definition) is 8. The van der Waals surface area contributed by atoms with Crippen LogP contribution in [0.1, 0.15) is 0 Å². The van der Waals surface area contributed by atoms with E-state index in [2.05, 4.69) is 14.6 Å². The van der Waals surface area contributed by atoms with Gasteiger partial charge in [0.05, 0.1) is 48.1 Å². The molecule has 1 aromatic heterocycles. The normalized spacial score (nSPS) is 11.2. The number of nitrogens with one attached hydrogen (secondary N) is 1. The highest BCUT2D eigenvalue weighted by molar-refractivity contribution is 7.94. The first kappa shape index (κ1) is 22.2. The third kappa shape index (κ3) is 5.77. The number of pyridine rings is 1. The molecule has 11 heteroatoms. The first-order valence-electron chi connectivity index (χ1n) is 8.38. The van der Waals surface area contributed by atoms with E-state index in [0.717, 1.165) is 12.0 Å². The Bertz CT molecular complexity index is 1110. The molecule has 2 aromatic carbocycles. The molecule has 0 atom stereocenters. The summed E-state index contributed by atoms with van der Waals surface area (Å²) in [6, 6.07) is 12.4. The lowest BCUT2D eigenvalue weighted by atomic mass is 10.3. The molecule has 0 saturated carbocycles. The molecule has 0 aliphatic heterocycles. The molecule has 0 radical (unpaired) electrons. The fourth-order valence-electron chi connectivity index (χ4n) is 2.35. The van der Waals surface area contributed by atoms with Gasteiger partial charge >= 0.3 is 0 Å². The van der Waals surface area contributed by atoms with E-state index in [9.17, 15) is 8.42 Å². The Kier molecular flexibility index (Phi) is 7.40. The van der Waals surface area contributed by atoms with E-state index in [-0.39, 0.29) is 4.90 Å². The summed E-state index contributed by atoms with van der Waals surface area (Å²) in [5.74, 6) is 1.13. The van der Waals surface area contributed by atoms with Crippen molar-refractivity contribution in [1.82, 2.24) is 4.98 Å². The predicted octanol–water partition coefficient (Wildman–Crippen LogP) is 4.92. The number of hydrogen-bond donors (Lipinski definition) is 1. The van der Waals surface area contributed by atoms with Crippen LogP contribution in [0.3, 0.4) is 0 Å². The monoisotopic (exact) mass is 468 g/mol. The van der Waals surface area contributed by atoms with Crippen molar-refractivity contribution in [2.24, 2.45) is 0 Å². The van der Waals surface area contributed by atoms with Crippen molar-refractivity contribution in [3.05, 3.63) is 65.9 Å². The van der Waals surface area contributed by atoms with Crippen LogP contribution in [0.5, 0.6) is 17.2 Å². The number of ether oxygens (including phenoxy) is 2. The summed E-state index contributed by atoms with van der Waals surface area (Å²) in [7, 11) is -0.973. The van der Waals surface area contributed by atoms with Crippen LogP contribution in [-0.4, -0.2) is 27.6 Å². The van der Waals surface area contributed by atoms with Crippen LogP contribution in [0.15, 0.2) is 70.7 Å². The molecule has 0 fully saturated rings. The number of rotatable bonds is 9. The van der Waals surface area contributed by atoms with E-state index in [1.807, 2.05) is 0 Å². The van der Waals surface area contributed by atoms with E-state index in [1.54, 1.807) is 30.3 Å². The second kappa shape index (κ2) is 10.0. The van der Waals surface area contributed by atoms with E-state index < -0.39 is 10.0 Å². The Balaban J connectivity index is 1.77. The Morgan fingerprint density at radius 3 is 2.43 bits per heavy atom. The number of methoxy groups -OCH3 is 1. The van der Waals surface area contributed by atoms with E-state index >= 15 is 0 Å². The lowest BCUT2D eigenvalue weighted by Gasteiger charge is -2.13. The summed E-state index contributed by atoms with van der Waals surface area (Å²) in [6.07, 6.45) is 2.99. The quantitative estimate of drug-likeness (QED) is 0.268. The number of nitrogens with zero attached hydrogens (tertiary/aromatic N) is 1. The number of halogens is 1. The molecule has 0 spiro atoms. The molecular formula is C19H17ClN2O6S2. The summed E-state index contributed by atoms with van der Waals surface area (Å²) in [5, 5.41) is 0.425. The van der Waals surface area contributed by atoms with Crippen LogP contribution in [0.4, 0.5) is 5.69 Å². The average molecular weight is 469 g/mol. The van der Waals surface area contributed by atoms with E-state index in [1.165, 1.54) is 44.8 Å². The molecule has 0 unspecified atom stereocenters. The van der Waals surface area contributed by atoms with Gasteiger partial charge in [-0.15, -0.1) is 0 Å². The highest BCUT2D eigenvalue weighted by Gasteiger charge is 2.16. The zero-order valence-electron chi connectivity index (χ0n) is 15.9. The first-order chi connectivity index (χ1) is 14.4. The average Bonchev–Trinajstić information content (AvgIpc) is 2.73. The SMILES string of the molecule is COOSc1ccc(S(=O)(=O)Nc2ccc(Oc3cncc(Cl)c3)c(OC)c2)cc1. The Morgan fingerprint density at radius 1 is 1.00 bits per heavy atom. The molecule has 1 heterocycles. The van der Waals surface area contributed by atoms with Crippen LogP contribution in [0, 0.1) is 0 Å². The Morgan fingerprint density at radius 2 is 1.77 bits per heavy atom. The Hall–Kier alpha value is -2.50. The molecule has 0 amide bonds. The minimum atomic E-state index is -3.81. The molecule has 0 saturated heterocycles. The maximum atomic E-state index is 12.7. The molecule has 3 rings (SSSR count). The fraction of sp³-hybridized carbons (Fsp3) is 0.105. The van der Waals surface area contributed by atoms with E-state index in [4.69, 9.17) is 25.4 Å². The third-order valence-corrected chi connectivity index (χ3v) is 5.93. The molecule has 0 aliphatic rings. The van der Waals surface area contributed by atoms with Crippen molar-refractivity contribution in [3.8, 4) is 17.2 Å². The minimum Gasteiger partial charge on any atom is -0.493 e. The maximum Gasteiger partial charge on any atom is 0.261 e. The van der Waals surface area contributed by atoms with Gasteiger partial charge in [-0.25, -0.2) is 13.3 Å². The highest BCUT2D eigenvalue weighted by Crippen LogP contribution is 2.35. The third-order valence-electron chi connectivity index (χ3n) is 3.66.